The SMILES string of the molecule is CNC(=O)CNc1nnc(CCN)o1. The van der Waals surface area contributed by atoms with Gasteiger partial charge in [-0.15, -0.1) is 5.10 Å². The molecule has 0 aliphatic carbocycles. The van der Waals surface area contributed by atoms with Gasteiger partial charge >= 0.3 is 6.01 Å². The van der Waals surface area contributed by atoms with Crippen molar-refractivity contribution in [3.8, 4) is 0 Å². The number of nitrogens with zero attached hydrogens (tertiary/aromatic N) is 2. The molecule has 7 heteroatoms. The van der Waals surface area contributed by atoms with E-state index in [0.717, 1.165) is 0 Å². The molecule has 0 aliphatic rings. The Bertz CT molecular complexity index is 298. The molecule has 0 bridgehead atoms. The molecule has 14 heavy (non-hydrogen) atoms. The summed E-state index contributed by atoms with van der Waals surface area (Å²) in [6, 6.07) is 0.233. The van der Waals surface area contributed by atoms with Gasteiger partial charge in [-0.05, 0) is 0 Å². The van der Waals surface area contributed by atoms with E-state index in [1.807, 2.05) is 0 Å². The Kier molecular flexibility index (Phi) is 3.86. The monoisotopic (exact) mass is 199 g/mol. The number of nitrogens with two attached hydrogens (primary N) is 1. The summed E-state index contributed by atoms with van der Waals surface area (Å²) in [6.07, 6.45) is 0.536. The summed E-state index contributed by atoms with van der Waals surface area (Å²) in [7, 11) is 1.55. The van der Waals surface area contributed by atoms with Crippen molar-refractivity contribution in [2.24, 2.45) is 5.73 Å². The van der Waals surface area contributed by atoms with E-state index in [0.29, 0.717) is 18.9 Å². The molecule has 1 amide bonds. The summed E-state index contributed by atoms with van der Waals surface area (Å²) in [6.45, 7) is 0.567. The average molecular weight is 199 g/mol. The van der Waals surface area contributed by atoms with Crippen molar-refractivity contribution in [2.75, 3.05) is 25.5 Å². The predicted molar refractivity (Wildman–Crippen MR) is 49.6 cm³/mol. The Morgan fingerprint density at radius 3 is 3.00 bits per heavy atom. The van der Waals surface area contributed by atoms with Gasteiger partial charge in [-0.3, -0.25) is 4.79 Å². The normalized spacial score (nSPS) is 9.86. The van der Waals surface area contributed by atoms with Crippen LogP contribution in [0.2, 0.25) is 0 Å². The first-order chi connectivity index (χ1) is 6.76. The van der Waals surface area contributed by atoms with Crippen LogP contribution in [0.3, 0.4) is 0 Å². The average Bonchev–Trinajstić information content (AvgIpc) is 2.63. The molecule has 0 unspecified atom stereocenters. The van der Waals surface area contributed by atoms with Crippen LogP contribution in [0, 0.1) is 0 Å². The molecule has 0 spiro atoms. The predicted octanol–water partition coefficient (Wildman–Crippen LogP) is -1.27. The molecular weight excluding hydrogens is 186 g/mol. The maximum absolute atomic E-state index is 10.8. The maximum atomic E-state index is 10.8. The van der Waals surface area contributed by atoms with Gasteiger partial charge in [-0.2, -0.15) is 0 Å². The summed E-state index contributed by atoms with van der Waals surface area (Å²) < 4.78 is 5.13. The third kappa shape index (κ3) is 3.02. The Morgan fingerprint density at radius 2 is 2.36 bits per heavy atom. The molecule has 1 aromatic rings. The molecule has 1 heterocycles. The van der Waals surface area contributed by atoms with Crippen LogP contribution in [0.4, 0.5) is 6.01 Å². The lowest BCUT2D eigenvalue weighted by Crippen LogP contribution is -2.26. The van der Waals surface area contributed by atoms with Crippen LogP contribution in [0.25, 0.3) is 0 Å². The molecule has 4 N–H and O–H groups in total. The number of nitrogens with one attached hydrogen (secondary N) is 2. The highest BCUT2D eigenvalue weighted by Crippen LogP contribution is 2.04. The van der Waals surface area contributed by atoms with Crippen LogP contribution in [0.15, 0.2) is 4.42 Å². The van der Waals surface area contributed by atoms with Gasteiger partial charge in [-0.25, -0.2) is 0 Å². The second-order valence-corrected chi connectivity index (χ2v) is 2.57. The van der Waals surface area contributed by atoms with Crippen molar-refractivity contribution in [1.82, 2.24) is 15.5 Å². The zero-order valence-electron chi connectivity index (χ0n) is 7.91. The molecule has 1 aromatic heterocycles. The molecular formula is C7H13N5O2. The molecule has 1 rings (SSSR count). The van der Waals surface area contributed by atoms with Gasteiger partial charge in [0.1, 0.15) is 0 Å². The number of likely N-dealkylation sites (N-methyl/N-ethyl adjacent to an activating group) is 1. The molecule has 0 saturated heterocycles. The van der Waals surface area contributed by atoms with Crippen LogP contribution in [-0.2, 0) is 11.2 Å². The lowest BCUT2D eigenvalue weighted by molar-refractivity contribution is -0.118. The summed E-state index contributed by atoms with van der Waals surface area (Å²) in [5.74, 6) is 0.315. The Morgan fingerprint density at radius 1 is 1.57 bits per heavy atom. The zero-order valence-corrected chi connectivity index (χ0v) is 7.91. The lowest BCUT2D eigenvalue weighted by atomic mass is 10.4. The molecule has 0 radical (unpaired) electrons. The smallest absolute Gasteiger partial charge is 0.315 e. The van der Waals surface area contributed by atoms with Crippen molar-refractivity contribution >= 4 is 11.9 Å². The number of rotatable bonds is 5. The Labute approximate surface area is 81.1 Å². The first-order valence-corrected chi connectivity index (χ1v) is 4.23. The molecule has 0 aromatic carbocycles. The van der Waals surface area contributed by atoms with Gasteiger partial charge in [0.2, 0.25) is 11.8 Å². The quantitative estimate of drug-likeness (QED) is 0.546. The highest BCUT2D eigenvalue weighted by molar-refractivity contribution is 5.79. The van der Waals surface area contributed by atoms with Gasteiger partial charge in [0, 0.05) is 20.0 Å². The minimum atomic E-state index is -0.149. The first-order valence-electron chi connectivity index (χ1n) is 4.23. The van der Waals surface area contributed by atoms with Crippen molar-refractivity contribution in [3.05, 3.63) is 5.89 Å². The molecule has 7 nitrogen and oxygen atoms in total. The number of aromatic nitrogens is 2. The molecule has 0 aliphatic heterocycles. The van der Waals surface area contributed by atoms with E-state index >= 15 is 0 Å². The number of hydrogen-bond donors (Lipinski definition) is 3. The van der Waals surface area contributed by atoms with Crippen molar-refractivity contribution in [1.29, 1.82) is 0 Å². The van der Waals surface area contributed by atoms with E-state index < -0.39 is 0 Å². The van der Waals surface area contributed by atoms with E-state index in [1.165, 1.54) is 0 Å². The molecule has 0 saturated carbocycles. The van der Waals surface area contributed by atoms with E-state index in [4.69, 9.17) is 10.2 Å². The lowest BCUT2D eigenvalue weighted by Gasteiger charge is -1.98. The van der Waals surface area contributed by atoms with Gasteiger partial charge in [0.05, 0.1) is 6.54 Å². The summed E-state index contributed by atoms with van der Waals surface area (Å²) in [5, 5.41) is 12.5. The number of amides is 1. The van der Waals surface area contributed by atoms with Crippen LogP contribution in [0.1, 0.15) is 5.89 Å². The third-order valence-electron chi connectivity index (χ3n) is 1.50. The maximum Gasteiger partial charge on any atom is 0.315 e. The van der Waals surface area contributed by atoms with Crippen LogP contribution in [0.5, 0.6) is 0 Å². The number of carbonyl (C=O) groups excluding carboxylic acids is 1. The highest BCUT2D eigenvalue weighted by Gasteiger charge is 2.05. The number of carbonyl (C=O) groups is 1. The minimum Gasteiger partial charge on any atom is -0.408 e. The first kappa shape index (κ1) is 10.5. The second-order valence-electron chi connectivity index (χ2n) is 2.57. The topological polar surface area (TPSA) is 106 Å². The van der Waals surface area contributed by atoms with E-state index in [2.05, 4.69) is 20.8 Å². The van der Waals surface area contributed by atoms with Crippen LogP contribution < -0.4 is 16.4 Å². The van der Waals surface area contributed by atoms with Gasteiger partial charge in [0.25, 0.3) is 0 Å². The van der Waals surface area contributed by atoms with Crippen LogP contribution in [-0.4, -0.2) is 36.2 Å². The fourth-order valence-corrected chi connectivity index (χ4v) is 0.794. The van der Waals surface area contributed by atoms with Gasteiger partial charge in [0.15, 0.2) is 0 Å². The second kappa shape index (κ2) is 5.18. The standard InChI is InChI=1S/C7H13N5O2/c1-9-5(13)4-10-7-12-11-6(14-7)2-3-8/h2-4,8H2,1H3,(H,9,13)(H,10,12). The molecule has 78 valence electrons. The Hall–Kier alpha value is -1.63. The number of anilines is 1. The zero-order chi connectivity index (χ0) is 10.4. The summed E-state index contributed by atoms with van der Waals surface area (Å²) in [4.78, 5) is 10.8. The third-order valence-corrected chi connectivity index (χ3v) is 1.50. The summed E-state index contributed by atoms with van der Waals surface area (Å²) in [5.41, 5.74) is 5.30. The fraction of sp³-hybridized carbons (Fsp3) is 0.571. The van der Waals surface area contributed by atoms with E-state index in [1.54, 1.807) is 7.05 Å². The fourth-order valence-electron chi connectivity index (χ4n) is 0.794. The highest BCUT2D eigenvalue weighted by atomic mass is 16.4. The van der Waals surface area contributed by atoms with E-state index in [-0.39, 0.29) is 18.5 Å². The van der Waals surface area contributed by atoms with Crippen LogP contribution >= 0.6 is 0 Å². The minimum absolute atomic E-state index is 0.112. The largest absolute Gasteiger partial charge is 0.408 e. The molecule has 0 fully saturated rings. The Balaban J connectivity index is 2.39. The van der Waals surface area contributed by atoms with E-state index in [9.17, 15) is 4.79 Å². The summed E-state index contributed by atoms with van der Waals surface area (Å²) >= 11 is 0. The van der Waals surface area contributed by atoms with Crippen molar-refractivity contribution in [3.63, 3.8) is 0 Å². The molecule has 0 atom stereocenters. The van der Waals surface area contributed by atoms with Gasteiger partial charge < -0.3 is 20.8 Å². The van der Waals surface area contributed by atoms with Crippen molar-refractivity contribution in [2.45, 2.75) is 6.42 Å². The van der Waals surface area contributed by atoms with Gasteiger partial charge in [-0.1, -0.05) is 5.10 Å². The van der Waals surface area contributed by atoms with Crippen molar-refractivity contribution < 1.29 is 9.21 Å². The number of hydrogen-bond acceptors (Lipinski definition) is 6.